The zero-order valence-electron chi connectivity index (χ0n) is 8.64. The number of nitrogens with two attached hydrogens (primary N) is 1. The Labute approximate surface area is 88.7 Å². The fraction of sp³-hybridized carbons (Fsp3) is 0.364. The molecular formula is C11H15NO3. The fourth-order valence-electron chi connectivity index (χ4n) is 1.24. The molecule has 0 aliphatic rings. The van der Waals surface area contributed by atoms with Crippen LogP contribution in [-0.4, -0.2) is 17.7 Å². The van der Waals surface area contributed by atoms with Crippen LogP contribution in [0.15, 0.2) is 24.3 Å². The Balaban J connectivity index is 2.57. The standard InChI is InChI=1S/C11H15NO3/c1-2-15-11(14)7-10(12)8-3-5-9(13)6-4-8/h3-6,10,13H,2,7,12H2,1H3/t10-/m1/s1. The zero-order chi connectivity index (χ0) is 11.3. The summed E-state index contributed by atoms with van der Waals surface area (Å²) < 4.78 is 4.79. The van der Waals surface area contributed by atoms with E-state index in [1.165, 1.54) is 0 Å². The molecule has 1 atom stereocenters. The van der Waals surface area contributed by atoms with E-state index in [0.29, 0.717) is 6.61 Å². The van der Waals surface area contributed by atoms with Crippen LogP contribution in [0.2, 0.25) is 0 Å². The van der Waals surface area contributed by atoms with Crippen molar-refractivity contribution in [2.24, 2.45) is 5.73 Å². The number of benzene rings is 1. The highest BCUT2D eigenvalue weighted by Crippen LogP contribution is 2.17. The number of phenolic OH excluding ortho intramolecular Hbond substituents is 1. The monoisotopic (exact) mass is 209 g/mol. The van der Waals surface area contributed by atoms with Crippen molar-refractivity contribution in [1.29, 1.82) is 0 Å². The molecule has 0 saturated carbocycles. The molecule has 0 spiro atoms. The molecule has 0 heterocycles. The number of carbonyl (C=O) groups excluding carboxylic acids is 1. The number of aromatic hydroxyl groups is 1. The van der Waals surface area contributed by atoms with Gasteiger partial charge in [-0.2, -0.15) is 0 Å². The van der Waals surface area contributed by atoms with Crippen LogP contribution in [0.3, 0.4) is 0 Å². The van der Waals surface area contributed by atoms with Gasteiger partial charge in [0.05, 0.1) is 13.0 Å². The summed E-state index contributed by atoms with van der Waals surface area (Å²) in [5.41, 5.74) is 6.60. The van der Waals surface area contributed by atoms with E-state index in [-0.39, 0.29) is 24.2 Å². The SMILES string of the molecule is CCOC(=O)C[C@@H](N)c1ccc(O)cc1. The van der Waals surface area contributed by atoms with Gasteiger partial charge in [-0.25, -0.2) is 0 Å². The maximum Gasteiger partial charge on any atom is 0.307 e. The average Bonchev–Trinajstić information content (AvgIpc) is 2.18. The highest BCUT2D eigenvalue weighted by atomic mass is 16.5. The number of hydrogen-bond donors (Lipinski definition) is 2. The van der Waals surface area contributed by atoms with Crippen molar-refractivity contribution in [3.63, 3.8) is 0 Å². The maximum atomic E-state index is 11.1. The smallest absolute Gasteiger partial charge is 0.307 e. The van der Waals surface area contributed by atoms with Crippen molar-refractivity contribution in [2.45, 2.75) is 19.4 Å². The molecule has 4 heteroatoms. The van der Waals surface area contributed by atoms with Crippen molar-refractivity contribution in [3.05, 3.63) is 29.8 Å². The minimum absolute atomic E-state index is 0.151. The van der Waals surface area contributed by atoms with Gasteiger partial charge in [0.15, 0.2) is 0 Å². The Morgan fingerprint density at radius 1 is 1.47 bits per heavy atom. The van der Waals surface area contributed by atoms with Gasteiger partial charge in [-0.3, -0.25) is 4.79 Å². The van der Waals surface area contributed by atoms with Gasteiger partial charge in [0, 0.05) is 6.04 Å². The van der Waals surface area contributed by atoms with E-state index in [0.717, 1.165) is 5.56 Å². The topological polar surface area (TPSA) is 72.5 Å². The maximum absolute atomic E-state index is 11.1. The second-order valence-corrected chi connectivity index (χ2v) is 3.21. The number of esters is 1. The van der Waals surface area contributed by atoms with Gasteiger partial charge in [0.25, 0.3) is 0 Å². The molecular weight excluding hydrogens is 194 g/mol. The first-order chi connectivity index (χ1) is 7.13. The third kappa shape index (κ3) is 3.59. The normalized spacial score (nSPS) is 12.1. The molecule has 0 bridgehead atoms. The van der Waals surface area contributed by atoms with E-state index in [9.17, 15) is 4.79 Å². The molecule has 0 unspecified atom stereocenters. The third-order valence-corrected chi connectivity index (χ3v) is 2.01. The molecule has 1 aromatic rings. The van der Waals surface area contributed by atoms with Crippen LogP contribution in [0, 0.1) is 0 Å². The first-order valence-corrected chi connectivity index (χ1v) is 4.83. The summed E-state index contributed by atoms with van der Waals surface area (Å²) in [6.07, 6.45) is 0.151. The summed E-state index contributed by atoms with van der Waals surface area (Å²) in [5, 5.41) is 9.07. The summed E-state index contributed by atoms with van der Waals surface area (Å²) in [6, 6.07) is 6.09. The van der Waals surface area contributed by atoms with Crippen LogP contribution in [0.1, 0.15) is 24.9 Å². The predicted octanol–water partition coefficient (Wildman–Crippen LogP) is 1.35. The van der Waals surface area contributed by atoms with E-state index < -0.39 is 0 Å². The average molecular weight is 209 g/mol. The minimum Gasteiger partial charge on any atom is -0.508 e. The molecule has 3 N–H and O–H groups in total. The van der Waals surface area contributed by atoms with Gasteiger partial charge in [-0.05, 0) is 24.6 Å². The molecule has 1 aromatic carbocycles. The molecule has 0 radical (unpaired) electrons. The van der Waals surface area contributed by atoms with Crippen molar-refractivity contribution < 1.29 is 14.6 Å². The lowest BCUT2D eigenvalue weighted by molar-refractivity contribution is -0.143. The molecule has 1 rings (SSSR count). The molecule has 0 aliphatic carbocycles. The van der Waals surface area contributed by atoms with E-state index in [4.69, 9.17) is 15.6 Å². The van der Waals surface area contributed by atoms with Crippen LogP contribution in [0.5, 0.6) is 5.75 Å². The number of hydrogen-bond acceptors (Lipinski definition) is 4. The Kier molecular flexibility index (Phi) is 4.12. The molecule has 0 saturated heterocycles. The summed E-state index contributed by atoms with van der Waals surface area (Å²) >= 11 is 0. The van der Waals surface area contributed by atoms with Gasteiger partial charge in [0.1, 0.15) is 5.75 Å². The van der Waals surface area contributed by atoms with Crippen LogP contribution >= 0.6 is 0 Å². The Hall–Kier alpha value is -1.55. The first-order valence-electron chi connectivity index (χ1n) is 4.83. The minimum atomic E-state index is -0.385. The number of rotatable bonds is 4. The summed E-state index contributed by atoms with van der Waals surface area (Å²) in [6.45, 7) is 2.12. The van der Waals surface area contributed by atoms with Gasteiger partial charge in [-0.15, -0.1) is 0 Å². The predicted molar refractivity (Wildman–Crippen MR) is 56.3 cm³/mol. The Bertz CT molecular complexity index is 321. The molecule has 0 aromatic heterocycles. The van der Waals surface area contributed by atoms with Crippen molar-refractivity contribution in [2.75, 3.05) is 6.61 Å². The van der Waals surface area contributed by atoms with E-state index in [2.05, 4.69) is 0 Å². The van der Waals surface area contributed by atoms with Gasteiger partial charge in [0.2, 0.25) is 0 Å². The van der Waals surface area contributed by atoms with Gasteiger partial charge >= 0.3 is 5.97 Å². The summed E-state index contributed by atoms with van der Waals surface area (Å²) in [4.78, 5) is 11.1. The highest BCUT2D eigenvalue weighted by Gasteiger charge is 2.11. The van der Waals surface area contributed by atoms with E-state index in [1.54, 1.807) is 31.2 Å². The summed E-state index contributed by atoms with van der Waals surface area (Å²) in [7, 11) is 0. The van der Waals surface area contributed by atoms with E-state index in [1.807, 2.05) is 0 Å². The van der Waals surface area contributed by atoms with Crippen LogP contribution < -0.4 is 5.73 Å². The van der Waals surface area contributed by atoms with Crippen LogP contribution in [0.25, 0.3) is 0 Å². The Morgan fingerprint density at radius 3 is 2.60 bits per heavy atom. The van der Waals surface area contributed by atoms with Crippen molar-refractivity contribution >= 4 is 5.97 Å². The van der Waals surface area contributed by atoms with Gasteiger partial charge < -0.3 is 15.6 Å². The molecule has 15 heavy (non-hydrogen) atoms. The lowest BCUT2D eigenvalue weighted by Gasteiger charge is -2.10. The van der Waals surface area contributed by atoms with Crippen molar-refractivity contribution in [1.82, 2.24) is 0 Å². The molecule has 0 aliphatic heterocycles. The first kappa shape index (κ1) is 11.5. The fourth-order valence-corrected chi connectivity index (χ4v) is 1.24. The largest absolute Gasteiger partial charge is 0.508 e. The molecule has 0 amide bonds. The van der Waals surface area contributed by atoms with Crippen LogP contribution in [-0.2, 0) is 9.53 Å². The van der Waals surface area contributed by atoms with Gasteiger partial charge in [-0.1, -0.05) is 12.1 Å². The second kappa shape index (κ2) is 5.36. The lowest BCUT2D eigenvalue weighted by atomic mass is 10.0. The lowest BCUT2D eigenvalue weighted by Crippen LogP contribution is -2.17. The number of phenols is 1. The van der Waals surface area contributed by atoms with Crippen molar-refractivity contribution in [3.8, 4) is 5.75 Å². The van der Waals surface area contributed by atoms with Crippen LogP contribution in [0.4, 0.5) is 0 Å². The third-order valence-electron chi connectivity index (χ3n) is 2.01. The second-order valence-electron chi connectivity index (χ2n) is 3.21. The zero-order valence-corrected chi connectivity index (χ0v) is 8.64. The quantitative estimate of drug-likeness (QED) is 0.734. The van der Waals surface area contributed by atoms with E-state index >= 15 is 0 Å². The molecule has 0 fully saturated rings. The molecule has 4 nitrogen and oxygen atoms in total. The highest BCUT2D eigenvalue weighted by molar-refractivity contribution is 5.70. The number of carbonyl (C=O) groups is 1. The summed E-state index contributed by atoms with van der Waals surface area (Å²) in [5.74, 6) is -0.125. The number of ether oxygens (including phenoxy) is 1. The molecule has 82 valence electrons. The Morgan fingerprint density at radius 2 is 2.07 bits per heavy atom.